The van der Waals surface area contributed by atoms with Gasteiger partial charge >= 0.3 is 0 Å². The predicted octanol–water partition coefficient (Wildman–Crippen LogP) is 12.1. The van der Waals surface area contributed by atoms with Crippen LogP contribution in [0.15, 0.2) is 172 Å². The first-order chi connectivity index (χ1) is 21.7. The summed E-state index contributed by atoms with van der Waals surface area (Å²) in [4.78, 5) is 9.69. The van der Waals surface area contributed by atoms with E-state index in [-0.39, 0.29) is 0 Å². The monoisotopic (exact) mass is 586 g/mol. The van der Waals surface area contributed by atoms with Gasteiger partial charge in [-0.2, -0.15) is 0 Å². The molecular formula is C41H34N2S. The summed E-state index contributed by atoms with van der Waals surface area (Å²) >= 11 is 1.80. The van der Waals surface area contributed by atoms with Crippen LogP contribution in [0.3, 0.4) is 0 Å². The van der Waals surface area contributed by atoms with Gasteiger partial charge in [0.1, 0.15) is 0 Å². The minimum atomic E-state index is 0.753. The van der Waals surface area contributed by atoms with Crippen molar-refractivity contribution < 1.29 is 0 Å². The Kier molecular flexibility index (Phi) is 10.0. The molecule has 0 bridgehead atoms. The number of rotatable bonds is 5. The zero-order valence-electron chi connectivity index (χ0n) is 24.9. The van der Waals surface area contributed by atoms with Gasteiger partial charge in [0.2, 0.25) is 0 Å². The summed E-state index contributed by atoms with van der Waals surface area (Å²) in [6.45, 7) is 12.0. The Balaban J connectivity index is 0.000000501. The van der Waals surface area contributed by atoms with Crippen molar-refractivity contribution in [3.63, 3.8) is 0 Å². The van der Waals surface area contributed by atoms with E-state index in [0.29, 0.717) is 0 Å². The maximum absolute atomic E-state index is 4.85. The second-order valence-corrected chi connectivity index (χ2v) is 11.0. The van der Waals surface area contributed by atoms with Crippen LogP contribution in [0.25, 0.3) is 64.9 Å². The highest BCUT2D eigenvalue weighted by Gasteiger charge is 2.13. The fourth-order valence-corrected chi connectivity index (χ4v) is 6.14. The summed E-state index contributed by atoms with van der Waals surface area (Å²) in [6.07, 6.45) is 8.93. The standard InChI is InChI=1S/C34H22N2S.C4H6.C3H6/c1-3-10-23(11-4-1)25-18-26(24-12-5-2-6-13-24)20-27(19-25)28-21-35-34(36-22-28)31-16-9-15-30-29-14-7-8-17-32(29)37-33(30)31;1-3-4-2;1-3-2/h1-22H;3-4H,1-2H2;3H,1H2,2H3. The van der Waals surface area contributed by atoms with E-state index in [1.165, 1.54) is 42.4 Å². The van der Waals surface area contributed by atoms with Crippen molar-refractivity contribution in [1.29, 1.82) is 0 Å². The van der Waals surface area contributed by atoms with Gasteiger partial charge in [-0.3, -0.25) is 0 Å². The Morgan fingerprint density at radius 2 is 1.00 bits per heavy atom. The molecule has 44 heavy (non-hydrogen) atoms. The summed E-state index contributed by atoms with van der Waals surface area (Å²) < 4.78 is 2.52. The third-order valence-electron chi connectivity index (χ3n) is 6.94. The van der Waals surface area contributed by atoms with Crippen molar-refractivity contribution in [2.45, 2.75) is 6.92 Å². The highest BCUT2D eigenvalue weighted by molar-refractivity contribution is 7.26. The second-order valence-electron chi connectivity index (χ2n) is 9.99. The summed E-state index contributed by atoms with van der Waals surface area (Å²) in [7, 11) is 0. The van der Waals surface area contributed by atoms with Gasteiger partial charge in [-0.25, -0.2) is 9.97 Å². The third-order valence-corrected chi connectivity index (χ3v) is 8.16. The molecule has 7 aromatic rings. The minimum Gasteiger partial charge on any atom is -0.236 e. The van der Waals surface area contributed by atoms with Crippen LogP contribution in [0.1, 0.15) is 6.92 Å². The quantitative estimate of drug-likeness (QED) is 0.148. The molecule has 214 valence electrons. The number of thiophene rings is 1. The Bertz CT molecular complexity index is 1940. The molecule has 0 aliphatic heterocycles. The van der Waals surface area contributed by atoms with Gasteiger partial charge in [0, 0.05) is 43.7 Å². The molecule has 0 fully saturated rings. The van der Waals surface area contributed by atoms with E-state index in [0.717, 1.165) is 22.5 Å². The van der Waals surface area contributed by atoms with Gasteiger partial charge in [-0.05, 0) is 65.1 Å². The average molecular weight is 587 g/mol. The van der Waals surface area contributed by atoms with E-state index in [1.54, 1.807) is 29.6 Å². The van der Waals surface area contributed by atoms with Gasteiger partial charge in [-0.1, -0.05) is 122 Å². The number of allylic oxidation sites excluding steroid dienone is 3. The van der Waals surface area contributed by atoms with Crippen molar-refractivity contribution in [2.75, 3.05) is 0 Å². The lowest BCUT2D eigenvalue weighted by Crippen LogP contribution is -1.91. The highest BCUT2D eigenvalue weighted by Crippen LogP contribution is 2.39. The van der Waals surface area contributed by atoms with Crippen molar-refractivity contribution in [2.24, 2.45) is 0 Å². The van der Waals surface area contributed by atoms with Crippen molar-refractivity contribution in [3.05, 3.63) is 172 Å². The molecule has 2 nitrogen and oxygen atoms in total. The molecule has 0 unspecified atom stereocenters. The summed E-state index contributed by atoms with van der Waals surface area (Å²) in [5, 5.41) is 2.54. The SMILES string of the molecule is C=CC.C=CC=C.c1ccc(-c2cc(-c3ccccc3)cc(-c3cnc(-c4cccc5c4sc4ccccc45)nc3)c2)cc1. The van der Waals surface area contributed by atoms with E-state index >= 15 is 0 Å². The van der Waals surface area contributed by atoms with Crippen molar-refractivity contribution in [3.8, 4) is 44.8 Å². The fraction of sp³-hybridized carbons (Fsp3) is 0.0244. The summed E-state index contributed by atoms with van der Waals surface area (Å²) in [6, 6.07) is 42.7. The molecule has 0 radical (unpaired) electrons. The van der Waals surface area contributed by atoms with E-state index in [2.05, 4.69) is 141 Å². The first-order valence-electron chi connectivity index (χ1n) is 14.5. The van der Waals surface area contributed by atoms with E-state index < -0.39 is 0 Å². The lowest BCUT2D eigenvalue weighted by atomic mass is 9.94. The van der Waals surface area contributed by atoms with Crippen molar-refractivity contribution >= 4 is 31.5 Å². The first-order valence-corrected chi connectivity index (χ1v) is 15.3. The van der Waals surface area contributed by atoms with Gasteiger partial charge in [0.25, 0.3) is 0 Å². The van der Waals surface area contributed by atoms with Crippen LogP contribution < -0.4 is 0 Å². The Hall–Kier alpha value is -5.38. The van der Waals surface area contributed by atoms with Gasteiger partial charge in [0.15, 0.2) is 5.82 Å². The molecule has 0 aliphatic carbocycles. The van der Waals surface area contributed by atoms with Crippen LogP contribution in [0.5, 0.6) is 0 Å². The summed E-state index contributed by atoms with van der Waals surface area (Å²) in [5.41, 5.74) is 7.92. The lowest BCUT2D eigenvalue weighted by Gasteiger charge is -2.11. The topological polar surface area (TPSA) is 25.8 Å². The van der Waals surface area contributed by atoms with Crippen LogP contribution in [-0.2, 0) is 0 Å². The Morgan fingerprint density at radius 3 is 1.55 bits per heavy atom. The van der Waals surface area contributed by atoms with Crippen LogP contribution in [0.2, 0.25) is 0 Å². The molecule has 0 aliphatic rings. The Labute approximate surface area is 264 Å². The number of nitrogens with zero attached hydrogens (tertiary/aromatic N) is 2. The van der Waals surface area contributed by atoms with Gasteiger partial charge < -0.3 is 0 Å². The average Bonchev–Trinajstić information content (AvgIpc) is 3.48. The fourth-order valence-electron chi connectivity index (χ4n) is 4.93. The first kappa shape index (κ1) is 30.1. The molecule has 7 rings (SSSR count). The van der Waals surface area contributed by atoms with Crippen LogP contribution >= 0.6 is 11.3 Å². The molecular weight excluding hydrogens is 553 g/mol. The molecule has 0 N–H and O–H groups in total. The molecule has 0 saturated heterocycles. The number of fused-ring (bicyclic) bond motifs is 3. The molecule has 5 aromatic carbocycles. The number of hydrogen-bond acceptors (Lipinski definition) is 3. The molecule has 3 heteroatoms. The zero-order chi connectivity index (χ0) is 30.7. The Morgan fingerprint density at radius 1 is 0.523 bits per heavy atom. The van der Waals surface area contributed by atoms with Crippen LogP contribution in [-0.4, -0.2) is 9.97 Å². The third kappa shape index (κ3) is 6.81. The number of aromatic nitrogens is 2. The normalized spacial score (nSPS) is 10.2. The highest BCUT2D eigenvalue weighted by atomic mass is 32.1. The van der Waals surface area contributed by atoms with Gasteiger partial charge in [-0.15, -0.1) is 17.9 Å². The zero-order valence-corrected chi connectivity index (χ0v) is 25.7. The predicted molar refractivity (Wildman–Crippen MR) is 193 cm³/mol. The molecule has 2 aromatic heterocycles. The van der Waals surface area contributed by atoms with Crippen LogP contribution in [0, 0.1) is 0 Å². The summed E-state index contributed by atoms with van der Waals surface area (Å²) in [5.74, 6) is 0.753. The maximum Gasteiger partial charge on any atom is 0.160 e. The van der Waals surface area contributed by atoms with Gasteiger partial charge in [0.05, 0.1) is 0 Å². The lowest BCUT2D eigenvalue weighted by molar-refractivity contribution is 1.18. The molecule has 0 saturated carbocycles. The van der Waals surface area contributed by atoms with E-state index in [1.807, 2.05) is 19.3 Å². The number of hydrogen-bond donors (Lipinski definition) is 0. The largest absolute Gasteiger partial charge is 0.236 e. The second kappa shape index (κ2) is 14.7. The molecule has 0 atom stereocenters. The minimum absolute atomic E-state index is 0.753. The van der Waals surface area contributed by atoms with Crippen molar-refractivity contribution in [1.82, 2.24) is 9.97 Å². The van der Waals surface area contributed by atoms with E-state index in [9.17, 15) is 0 Å². The maximum atomic E-state index is 4.85. The smallest absolute Gasteiger partial charge is 0.160 e. The molecule has 0 amide bonds. The van der Waals surface area contributed by atoms with Crippen LogP contribution in [0.4, 0.5) is 0 Å². The molecule has 0 spiro atoms. The molecule has 2 heterocycles. The number of benzene rings is 5. The van der Waals surface area contributed by atoms with E-state index in [4.69, 9.17) is 9.97 Å².